The normalized spacial score (nSPS) is 27.5. The second kappa shape index (κ2) is 6.19. The SMILES string of the molecule is Fc1ccc(N2CCCn3nc(N[C@H]4[C@@H]5CC[C@H]4CNC5)nc32)cc1F. The summed E-state index contributed by atoms with van der Waals surface area (Å²) in [5.74, 6) is 0.886. The maximum atomic E-state index is 13.7. The van der Waals surface area contributed by atoms with E-state index in [2.05, 4.69) is 20.7 Å². The molecule has 1 aromatic carbocycles. The Morgan fingerprint density at radius 2 is 1.88 bits per heavy atom. The Morgan fingerprint density at radius 3 is 2.65 bits per heavy atom. The first-order chi connectivity index (χ1) is 12.7. The van der Waals surface area contributed by atoms with Crippen LogP contribution in [0.5, 0.6) is 0 Å². The first-order valence-corrected chi connectivity index (χ1v) is 9.34. The lowest BCUT2D eigenvalue weighted by Gasteiger charge is -2.31. The quantitative estimate of drug-likeness (QED) is 0.881. The number of hydrogen-bond acceptors (Lipinski definition) is 5. The molecule has 1 saturated carbocycles. The summed E-state index contributed by atoms with van der Waals surface area (Å²) in [6.45, 7) is 3.58. The molecule has 2 aliphatic heterocycles. The van der Waals surface area contributed by atoms with Crippen LogP contribution in [-0.4, -0.2) is 40.4 Å². The van der Waals surface area contributed by atoms with Crippen LogP contribution in [0.15, 0.2) is 18.2 Å². The maximum Gasteiger partial charge on any atom is 0.244 e. The standard InChI is InChI=1S/C18H22F2N6/c19-14-5-4-13(8-15(14)20)25-6-1-7-26-18(25)23-17(24-26)22-16-11-2-3-12(16)10-21-9-11/h4-5,8,11-12,16,21H,1-3,6-7,9-10H2,(H,22,24)/t11-,12+,16+. The van der Waals surface area contributed by atoms with E-state index in [1.165, 1.54) is 18.9 Å². The molecule has 1 aromatic heterocycles. The van der Waals surface area contributed by atoms with Crippen molar-refractivity contribution in [2.75, 3.05) is 29.9 Å². The zero-order chi connectivity index (χ0) is 17.7. The molecule has 0 unspecified atom stereocenters. The van der Waals surface area contributed by atoms with Gasteiger partial charge in [-0.15, -0.1) is 5.10 Å². The Hall–Kier alpha value is -2.22. The van der Waals surface area contributed by atoms with Gasteiger partial charge in [0.25, 0.3) is 0 Å². The number of nitrogens with zero attached hydrogens (tertiary/aromatic N) is 4. The number of fused-ring (bicyclic) bond motifs is 3. The monoisotopic (exact) mass is 360 g/mol. The van der Waals surface area contributed by atoms with Crippen LogP contribution in [-0.2, 0) is 6.54 Å². The summed E-state index contributed by atoms with van der Waals surface area (Å²) in [5.41, 5.74) is 0.603. The van der Waals surface area contributed by atoms with E-state index in [-0.39, 0.29) is 0 Å². The van der Waals surface area contributed by atoms with Gasteiger partial charge in [-0.2, -0.15) is 4.98 Å². The highest BCUT2D eigenvalue weighted by atomic mass is 19.2. The van der Waals surface area contributed by atoms with E-state index in [9.17, 15) is 8.78 Å². The largest absolute Gasteiger partial charge is 0.349 e. The Balaban J connectivity index is 1.42. The minimum atomic E-state index is -0.844. The van der Waals surface area contributed by atoms with Crippen LogP contribution in [0.1, 0.15) is 19.3 Å². The highest BCUT2D eigenvalue weighted by Gasteiger charge is 2.39. The fraction of sp³-hybridized carbons (Fsp3) is 0.556. The average Bonchev–Trinajstić information content (AvgIpc) is 3.13. The predicted molar refractivity (Wildman–Crippen MR) is 94.5 cm³/mol. The number of aromatic nitrogens is 3. The van der Waals surface area contributed by atoms with Crippen LogP contribution in [0.2, 0.25) is 0 Å². The van der Waals surface area contributed by atoms with Crippen molar-refractivity contribution in [2.45, 2.75) is 31.8 Å². The number of benzene rings is 1. The Kier molecular flexibility index (Phi) is 3.81. The third-order valence-corrected chi connectivity index (χ3v) is 5.89. The van der Waals surface area contributed by atoms with E-state index in [0.29, 0.717) is 42.0 Å². The van der Waals surface area contributed by atoms with Crippen molar-refractivity contribution in [3.63, 3.8) is 0 Å². The maximum absolute atomic E-state index is 13.7. The Morgan fingerprint density at radius 1 is 1.08 bits per heavy atom. The number of rotatable bonds is 3. The summed E-state index contributed by atoms with van der Waals surface area (Å²) in [6, 6.07) is 4.38. The van der Waals surface area contributed by atoms with Gasteiger partial charge in [0.2, 0.25) is 11.9 Å². The van der Waals surface area contributed by atoms with Crippen molar-refractivity contribution >= 4 is 17.6 Å². The van der Waals surface area contributed by atoms with Crippen LogP contribution in [0, 0.1) is 23.5 Å². The molecule has 2 fully saturated rings. The van der Waals surface area contributed by atoms with Gasteiger partial charge in [-0.1, -0.05) is 0 Å². The second-order valence-corrected chi connectivity index (χ2v) is 7.49. The lowest BCUT2D eigenvalue weighted by molar-refractivity contribution is 0.341. The lowest BCUT2D eigenvalue weighted by Crippen LogP contribution is -2.45. The summed E-state index contributed by atoms with van der Waals surface area (Å²) < 4.78 is 28.8. The second-order valence-electron chi connectivity index (χ2n) is 7.49. The predicted octanol–water partition coefficient (Wildman–Crippen LogP) is 2.51. The molecule has 3 heterocycles. The number of nitrogens with one attached hydrogen (secondary N) is 2. The average molecular weight is 360 g/mol. The van der Waals surface area contributed by atoms with Crippen LogP contribution in [0.4, 0.5) is 26.4 Å². The van der Waals surface area contributed by atoms with Gasteiger partial charge in [0.1, 0.15) is 0 Å². The molecule has 1 aliphatic carbocycles. The molecule has 5 rings (SSSR count). The number of aryl methyl sites for hydroxylation is 1. The Labute approximate surface area is 150 Å². The van der Waals surface area contributed by atoms with E-state index >= 15 is 0 Å². The van der Waals surface area contributed by atoms with Gasteiger partial charge in [-0.25, -0.2) is 13.5 Å². The molecule has 0 spiro atoms. The highest BCUT2D eigenvalue weighted by Crippen LogP contribution is 2.36. The number of halogens is 2. The van der Waals surface area contributed by atoms with Gasteiger partial charge in [0, 0.05) is 30.9 Å². The van der Waals surface area contributed by atoms with Gasteiger partial charge >= 0.3 is 0 Å². The number of piperidine rings is 1. The third kappa shape index (κ3) is 2.63. The molecule has 2 N–H and O–H groups in total. The Bertz CT molecular complexity index is 806. The van der Waals surface area contributed by atoms with Crippen molar-refractivity contribution in [3.8, 4) is 0 Å². The van der Waals surface area contributed by atoms with Crippen molar-refractivity contribution in [3.05, 3.63) is 29.8 Å². The molecule has 3 atom stereocenters. The third-order valence-electron chi connectivity index (χ3n) is 5.89. The highest BCUT2D eigenvalue weighted by molar-refractivity contribution is 5.59. The minimum absolute atomic E-state index is 0.414. The zero-order valence-electron chi connectivity index (χ0n) is 14.5. The molecule has 3 aliphatic rings. The summed E-state index contributed by atoms with van der Waals surface area (Å²) in [6.07, 6.45) is 3.36. The molecule has 138 valence electrons. The first-order valence-electron chi connectivity index (χ1n) is 9.34. The van der Waals surface area contributed by atoms with Crippen LogP contribution >= 0.6 is 0 Å². The molecule has 8 heteroatoms. The summed E-state index contributed by atoms with van der Waals surface area (Å²) in [4.78, 5) is 6.59. The molecule has 26 heavy (non-hydrogen) atoms. The fourth-order valence-corrected chi connectivity index (χ4v) is 4.59. The molecule has 0 radical (unpaired) electrons. The summed E-state index contributed by atoms with van der Waals surface area (Å²) >= 11 is 0. The molecular weight excluding hydrogens is 338 g/mol. The van der Waals surface area contributed by atoms with Crippen molar-refractivity contribution in [1.29, 1.82) is 0 Å². The van der Waals surface area contributed by atoms with E-state index < -0.39 is 11.6 Å². The molecule has 1 saturated heterocycles. The molecule has 0 amide bonds. The van der Waals surface area contributed by atoms with Crippen LogP contribution in [0.3, 0.4) is 0 Å². The van der Waals surface area contributed by atoms with Crippen molar-refractivity contribution < 1.29 is 8.78 Å². The van der Waals surface area contributed by atoms with Crippen LogP contribution < -0.4 is 15.5 Å². The van der Waals surface area contributed by atoms with E-state index in [1.54, 1.807) is 6.07 Å². The molecular formula is C18H22F2N6. The van der Waals surface area contributed by atoms with Crippen molar-refractivity contribution in [1.82, 2.24) is 20.1 Å². The minimum Gasteiger partial charge on any atom is -0.349 e. The number of hydrogen-bond donors (Lipinski definition) is 2. The fourth-order valence-electron chi connectivity index (χ4n) is 4.59. The van der Waals surface area contributed by atoms with E-state index in [0.717, 1.165) is 32.1 Å². The zero-order valence-corrected chi connectivity index (χ0v) is 14.5. The van der Waals surface area contributed by atoms with Gasteiger partial charge in [0.05, 0.1) is 0 Å². The lowest BCUT2D eigenvalue weighted by atomic mass is 9.94. The van der Waals surface area contributed by atoms with Crippen molar-refractivity contribution in [2.24, 2.45) is 11.8 Å². The topological polar surface area (TPSA) is 58.0 Å². The van der Waals surface area contributed by atoms with Gasteiger partial charge in [-0.05, 0) is 56.3 Å². The molecule has 2 bridgehead atoms. The smallest absolute Gasteiger partial charge is 0.244 e. The van der Waals surface area contributed by atoms with Gasteiger partial charge < -0.3 is 15.5 Å². The molecule has 2 aromatic rings. The summed E-state index contributed by atoms with van der Waals surface area (Å²) in [7, 11) is 0. The first kappa shape index (κ1) is 16.0. The van der Waals surface area contributed by atoms with Gasteiger partial charge in [0.15, 0.2) is 11.6 Å². The summed E-state index contributed by atoms with van der Waals surface area (Å²) in [5, 5.41) is 11.7. The number of anilines is 3. The van der Waals surface area contributed by atoms with Gasteiger partial charge in [-0.3, -0.25) is 0 Å². The van der Waals surface area contributed by atoms with E-state index in [1.807, 2.05) is 9.58 Å². The van der Waals surface area contributed by atoms with E-state index in [4.69, 9.17) is 0 Å². The van der Waals surface area contributed by atoms with Crippen LogP contribution in [0.25, 0.3) is 0 Å². The molecule has 6 nitrogen and oxygen atoms in total.